The molecule has 1 aromatic rings. The fourth-order valence-corrected chi connectivity index (χ4v) is 2.08. The molecule has 0 aliphatic carbocycles. The second kappa shape index (κ2) is 9.40. The molecule has 0 fully saturated rings. The van der Waals surface area contributed by atoms with E-state index in [1.54, 1.807) is 0 Å². The molecular formula is C17H30N4. The normalized spacial score (nSPS) is 13.6. The van der Waals surface area contributed by atoms with Crippen LogP contribution in [-0.2, 0) is 0 Å². The molecule has 1 unspecified atom stereocenters. The van der Waals surface area contributed by atoms with E-state index in [1.807, 2.05) is 0 Å². The maximum Gasteiger partial charge on any atom is 0.191 e. The van der Waals surface area contributed by atoms with Crippen LogP contribution in [0.4, 0.5) is 0 Å². The molecule has 0 amide bonds. The van der Waals surface area contributed by atoms with Crippen LogP contribution in [0.5, 0.6) is 0 Å². The molecule has 1 aromatic carbocycles. The Balaban J connectivity index is 2.68. The molecule has 0 aromatic heterocycles. The first-order valence-corrected chi connectivity index (χ1v) is 7.78. The van der Waals surface area contributed by atoms with Crippen LogP contribution >= 0.6 is 0 Å². The van der Waals surface area contributed by atoms with Crippen molar-refractivity contribution in [2.45, 2.75) is 26.8 Å². The van der Waals surface area contributed by atoms with Gasteiger partial charge >= 0.3 is 0 Å². The number of nitrogens with zero attached hydrogens (tertiary/aromatic N) is 2. The quantitative estimate of drug-likeness (QED) is 0.599. The monoisotopic (exact) mass is 290 g/mol. The van der Waals surface area contributed by atoms with Gasteiger partial charge in [0, 0.05) is 19.6 Å². The van der Waals surface area contributed by atoms with Crippen molar-refractivity contribution in [2.24, 2.45) is 10.9 Å². The van der Waals surface area contributed by atoms with Gasteiger partial charge in [-0.15, -0.1) is 0 Å². The first-order valence-electron chi connectivity index (χ1n) is 7.78. The van der Waals surface area contributed by atoms with Crippen LogP contribution in [0.15, 0.2) is 35.3 Å². The summed E-state index contributed by atoms with van der Waals surface area (Å²) in [6, 6.07) is 10.9. The minimum Gasteiger partial charge on any atom is -0.357 e. The Bertz CT molecular complexity index is 412. The van der Waals surface area contributed by atoms with E-state index in [0.717, 1.165) is 25.6 Å². The summed E-state index contributed by atoms with van der Waals surface area (Å²) in [4.78, 5) is 6.84. The maximum atomic E-state index is 4.61. The van der Waals surface area contributed by atoms with Gasteiger partial charge in [-0.3, -0.25) is 4.99 Å². The molecule has 4 heteroatoms. The van der Waals surface area contributed by atoms with Crippen molar-refractivity contribution in [3.63, 3.8) is 0 Å². The molecule has 0 bridgehead atoms. The number of aliphatic imine (C=N–C) groups is 1. The number of hydrogen-bond donors (Lipinski definition) is 2. The van der Waals surface area contributed by atoms with Gasteiger partial charge in [-0.25, -0.2) is 0 Å². The highest BCUT2D eigenvalue weighted by atomic mass is 15.2. The first-order chi connectivity index (χ1) is 10.0. The summed E-state index contributed by atoms with van der Waals surface area (Å²) in [5, 5.41) is 6.76. The van der Waals surface area contributed by atoms with E-state index in [-0.39, 0.29) is 0 Å². The van der Waals surface area contributed by atoms with Crippen LogP contribution in [0.2, 0.25) is 0 Å². The van der Waals surface area contributed by atoms with Crippen LogP contribution < -0.4 is 10.6 Å². The fourth-order valence-electron chi connectivity index (χ4n) is 2.08. The van der Waals surface area contributed by atoms with Crippen molar-refractivity contribution < 1.29 is 0 Å². The van der Waals surface area contributed by atoms with Crippen LogP contribution in [-0.4, -0.2) is 44.6 Å². The second-order valence-corrected chi connectivity index (χ2v) is 5.88. The molecular weight excluding hydrogens is 260 g/mol. The number of hydrogen-bond acceptors (Lipinski definition) is 2. The Kier molecular flexibility index (Phi) is 7.83. The molecule has 0 heterocycles. The van der Waals surface area contributed by atoms with Gasteiger partial charge in [-0.2, -0.15) is 0 Å². The standard InChI is InChI=1S/C17H30N4/c1-6-18-17(19-12-14(2)3)20-13-16(21(4)5)15-10-8-7-9-11-15/h7-11,14,16H,6,12-13H2,1-5H3,(H2,18,19,20). The highest BCUT2D eigenvalue weighted by molar-refractivity contribution is 5.79. The molecule has 2 N–H and O–H groups in total. The van der Waals surface area contributed by atoms with E-state index in [2.05, 4.69) is 85.7 Å². The number of guanidine groups is 1. The number of likely N-dealkylation sites (N-methyl/N-ethyl adjacent to an activating group) is 1. The van der Waals surface area contributed by atoms with Gasteiger partial charge in [0.05, 0.1) is 6.04 Å². The van der Waals surface area contributed by atoms with E-state index in [9.17, 15) is 0 Å². The molecule has 21 heavy (non-hydrogen) atoms. The van der Waals surface area contributed by atoms with E-state index in [1.165, 1.54) is 5.56 Å². The summed E-state index contributed by atoms with van der Waals surface area (Å²) in [5.74, 6) is 1.47. The van der Waals surface area contributed by atoms with Crippen molar-refractivity contribution in [1.29, 1.82) is 0 Å². The molecule has 0 saturated heterocycles. The van der Waals surface area contributed by atoms with E-state index in [0.29, 0.717) is 12.0 Å². The zero-order valence-electron chi connectivity index (χ0n) is 14.1. The largest absolute Gasteiger partial charge is 0.357 e. The van der Waals surface area contributed by atoms with Crippen LogP contribution in [0, 0.1) is 5.92 Å². The molecule has 0 aliphatic heterocycles. The van der Waals surface area contributed by atoms with Crippen molar-refractivity contribution in [2.75, 3.05) is 33.7 Å². The van der Waals surface area contributed by atoms with Crippen molar-refractivity contribution in [1.82, 2.24) is 15.5 Å². The lowest BCUT2D eigenvalue weighted by molar-refractivity contribution is 0.298. The van der Waals surface area contributed by atoms with Gasteiger partial charge in [0.2, 0.25) is 0 Å². The number of rotatable bonds is 7. The third-order valence-electron chi connectivity index (χ3n) is 3.23. The first kappa shape index (κ1) is 17.5. The molecule has 0 spiro atoms. The van der Waals surface area contributed by atoms with Crippen LogP contribution in [0.3, 0.4) is 0 Å². The van der Waals surface area contributed by atoms with Gasteiger partial charge in [-0.1, -0.05) is 44.2 Å². The number of nitrogens with one attached hydrogen (secondary N) is 2. The Morgan fingerprint density at radius 1 is 1.14 bits per heavy atom. The summed E-state index contributed by atoms with van der Waals surface area (Å²) in [7, 11) is 4.22. The van der Waals surface area contributed by atoms with Crippen LogP contribution in [0.1, 0.15) is 32.4 Å². The zero-order chi connectivity index (χ0) is 15.7. The Morgan fingerprint density at radius 3 is 2.33 bits per heavy atom. The molecule has 4 nitrogen and oxygen atoms in total. The van der Waals surface area contributed by atoms with Gasteiger partial charge in [0.1, 0.15) is 0 Å². The highest BCUT2D eigenvalue weighted by Crippen LogP contribution is 2.16. The smallest absolute Gasteiger partial charge is 0.191 e. The van der Waals surface area contributed by atoms with Crippen molar-refractivity contribution in [3.8, 4) is 0 Å². The predicted molar refractivity (Wildman–Crippen MR) is 91.7 cm³/mol. The summed E-state index contributed by atoms with van der Waals surface area (Å²) in [6.45, 7) is 9.00. The molecule has 118 valence electrons. The minimum atomic E-state index is 0.328. The van der Waals surface area contributed by atoms with Gasteiger partial charge in [-0.05, 0) is 32.5 Å². The Labute approximate surface area is 129 Å². The average molecular weight is 290 g/mol. The highest BCUT2D eigenvalue weighted by Gasteiger charge is 2.14. The van der Waals surface area contributed by atoms with Crippen molar-refractivity contribution in [3.05, 3.63) is 35.9 Å². The number of benzene rings is 1. The van der Waals surface area contributed by atoms with Gasteiger partial charge < -0.3 is 15.5 Å². The molecule has 0 aliphatic rings. The Morgan fingerprint density at radius 2 is 1.81 bits per heavy atom. The lowest BCUT2D eigenvalue weighted by Crippen LogP contribution is -2.42. The minimum absolute atomic E-state index is 0.328. The lowest BCUT2D eigenvalue weighted by Gasteiger charge is -2.26. The zero-order valence-corrected chi connectivity index (χ0v) is 14.1. The molecule has 1 atom stereocenters. The van der Waals surface area contributed by atoms with Crippen LogP contribution in [0.25, 0.3) is 0 Å². The third kappa shape index (κ3) is 6.63. The second-order valence-electron chi connectivity index (χ2n) is 5.88. The van der Waals surface area contributed by atoms with Gasteiger partial charge in [0.15, 0.2) is 5.96 Å². The summed E-state index contributed by atoms with van der Waals surface area (Å²) >= 11 is 0. The maximum absolute atomic E-state index is 4.61. The Hall–Kier alpha value is -1.55. The fraction of sp³-hybridized carbons (Fsp3) is 0.588. The van der Waals surface area contributed by atoms with Crippen molar-refractivity contribution >= 4 is 5.96 Å². The topological polar surface area (TPSA) is 39.7 Å². The summed E-state index contributed by atoms with van der Waals surface area (Å²) in [5.41, 5.74) is 1.31. The predicted octanol–water partition coefficient (Wildman–Crippen LogP) is 2.50. The summed E-state index contributed by atoms with van der Waals surface area (Å²) in [6.07, 6.45) is 0. The third-order valence-corrected chi connectivity index (χ3v) is 3.23. The lowest BCUT2D eigenvalue weighted by atomic mass is 10.1. The SMILES string of the molecule is CCNC(=NCC(C)C)NCC(c1ccccc1)N(C)C. The molecule has 0 radical (unpaired) electrons. The average Bonchev–Trinajstić information content (AvgIpc) is 2.45. The molecule has 1 rings (SSSR count). The van der Waals surface area contributed by atoms with E-state index < -0.39 is 0 Å². The van der Waals surface area contributed by atoms with E-state index in [4.69, 9.17) is 0 Å². The van der Waals surface area contributed by atoms with E-state index >= 15 is 0 Å². The summed E-state index contributed by atoms with van der Waals surface area (Å²) < 4.78 is 0. The van der Waals surface area contributed by atoms with Gasteiger partial charge in [0.25, 0.3) is 0 Å². The molecule has 0 saturated carbocycles.